The van der Waals surface area contributed by atoms with Gasteiger partial charge in [-0.25, -0.2) is 15.0 Å². The average molecular weight is 343 g/mol. The minimum atomic E-state index is -0.0920. The molecule has 8 heteroatoms. The van der Waals surface area contributed by atoms with Crippen molar-refractivity contribution in [3.05, 3.63) is 35.3 Å². The molecule has 5 N–H and O–H groups in total. The Balaban J connectivity index is 0.00000109. The predicted molar refractivity (Wildman–Crippen MR) is 99.7 cm³/mol. The van der Waals surface area contributed by atoms with Gasteiger partial charge in [0.15, 0.2) is 0 Å². The summed E-state index contributed by atoms with van der Waals surface area (Å²) in [6.07, 6.45) is 1.66. The van der Waals surface area contributed by atoms with E-state index < -0.39 is 0 Å². The number of hydrogen-bond donors (Lipinski definition) is 3. The second-order valence-corrected chi connectivity index (χ2v) is 5.38. The molecule has 0 bridgehead atoms. The molecule has 0 aliphatic carbocycles. The molecule has 0 fully saturated rings. The van der Waals surface area contributed by atoms with Crippen LogP contribution in [0.1, 0.15) is 43.8 Å². The Labute approximate surface area is 147 Å². The summed E-state index contributed by atoms with van der Waals surface area (Å²) in [5.41, 5.74) is 13.3. The molecule has 0 amide bonds. The molecule has 0 saturated carbocycles. The number of anilines is 3. The minimum absolute atomic E-state index is 0.00800. The zero-order valence-electron chi connectivity index (χ0n) is 15.1. The minimum Gasteiger partial charge on any atom is -0.476 e. The number of rotatable bonds is 2. The summed E-state index contributed by atoms with van der Waals surface area (Å²) in [4.78, 5) is 14.8. The molecule has 1 atom stereocenters. The monoisotopic (exact) mass is 343 g/mol. The van der Waals surface area contributed by atoms with Gasteiger partial charge in [0.2, 0.25) is 5.90 Å². The van der Waals surface area contributed by atoms with E-state index in [9.17, 15) is 0 Å². The smallest absolute Gasteiger partial charge is 0.220 e. The van der Waals surface area contributed by atoms with E-state index in [1.165, 1.54) is 0 Å². The molecular formula is C17H25N7O. The molecular weight excluding hydrogens is 318 g/mol. The van der Waals surface area contributed by atoms with E-state index in [4.69, 9.17) is 21.6 Å². The van der Waals surface area contributed by atoms with E-state index in [-0.39, 0.29) is 17.8 Å². The van der Waals surface area contributed by atoms with E-state index >= 15 is 0 Å². The van der Waals surface area contributed by atoms with Crippen molar-refractivity contribution in [3.63, 3.8) is 0 Å². The maximum absolute atomic E-state index is 8.05. The first-order valence-electron chi connectivity index (χ1n) is 8.32. The lowest BCUT2D eigenvalue weighted by molar-refractivity contribution is 0.311. The molecule has 134 valence electrons. The Morgan fingerprint density at radius 2 is 1.96 bits per heavy atom. The lowest BCUT2D eigenvalue weighted by atomic mass is 10.1. The number of nitrogens with two attached hydrogens (primary N) is 2. The fourth-order valence-corrected chi connectivity index (χ4v) is 2.76. The van der Waals surface area contributed by atoms with Gasteiger partial charge in [0.1, 0.15) is 35.4 Å². The number of pyridine rings is 1. The lowest BCUT2D eigenvalue weighted by Crippen LogP contribution is -2.31. The van der Waals surface area contributed by atoms with Crippen molar-refractivity contribution in [2.45, 2.75) is 33.7 Å². The van der Waals surface area contributed by atoms with Crippen LogP contribution in [0, 0.1) is 12.3 Å². The molecule has 3 rings (SSSR count). The first kappa shape index (κ1) is 18.4. The Morgan fingerprint density at radius 3 is 2.64 bits per heavy atom. The fourth-order valence-electron chi connectivity index (χ4n) is 2.76. The van der Waals surface area contributed by atoms with Crippen LogP contribution >= 0.6 is 0 Å². The maximum Gasteiger partial charge on any atom is 0.220 e. The van der Waals surface area contributed by atoms with Crippen LogP contribution in [0.25, 0.3) is 0 Å². The lowest BCUT2D eigenvalue weighted by Gasteiger charge is -2.30. The fraction of sp³-hybridized carbons (Fsp3) is 0.412. The number of nitrogens with one attached hydrogen (secondary N) is 1. The molecule has 1 unspecified atom stereocenters. The van der Waals surface area contributed by atoms with Crippen LogP contribution in [-0.4, -0.2) is 34.0 Å². The summed E-state index contributed by atoms with van der Waals surface area (Å²) in [6.45, 7) is 8.70. The van der Waals surface area contributed by atoms with Gasteiger partial charge in [-0.15, -0.1) is 0 Å². The van der Waals surface area contributed by atoms with Gasteiger partial charge in [0.05, 0.1) is 12.6 Å². The number of nitrogens with zero attached hydrogens (tertiary/aromatic N) is 4. The topological polar surface area (TPSA) is 127 Å². The molecule has 3 heterocycles. The standard InChI is InChI=1S/C15H19N7O.C2H6/c1-8(10-4-3-5-19-12(10)16)22-6-7-23-14(18)11-13(17)20-9(2)21-15(11)22;1-2/h3-5,8,18H,6-7H2,1-2H3,(H2,16,19)(H2,17,20,21);1-2H3. The highest BCUT2D eigenvalue weighted by Gasteiger charge is 2.29. The van der Waals surface area contributed by atoms with Gasteiger partial charge in [-0.05, 0) is 19.9 Å². The van der Waals surface area contributed by atoms with Crippen LogP contribution in [0.5, 0.6) is 0 Å². The van der Waals surface area contributed by atoms with Crippen molar-refractivity contribution >= 4 is 23.4 Å². The van der Waals surface area contributed by atoms with E-state index in [0.29, 0.717) is 36.2 Å². The summed E-state index contributed by atoms with van der Waals surface area (Å²) in [5.74, 6) is 1.85. The summed E-state index contributed by atoms with van der Waals surface area (Å²) in [5, 5.41) is 8.05. The zero-order chi connectivity index (χ0) is 18.6. The Bertz CT molecular complexity index is 763. The normalized spacial score (nSPS) is 14.6. The van der Waals surface area contributed by atoms with Crippen LogP contribution in [0.15, 0.2) is 18.3 Å². The Kier molecular flexibility index (Phi) is 5.74. The van der Waals surface area contributed by atoms with Crippen molar-refractivity contribution < 1.29 is 4.74 Å². The molecule has 0 spiro atoms. The van der Waals surface area contributed by atoms with Crippen LogP contribution in [0.2, 0.25) is 0 Å². The highest BCUT2D eigenvalue weighted by molar-refractivity contribution is 6.01. The maximum atomic E-state index is 8.05. The van der Waals surface area contributed by atoms with Crippen molar-refractivity contribution in [1.29, 1.82) is 5.41 Å². The van der Waals surface area contributed by atoms with Crippen LogP contribution < -0.4 is 16.4 Å². The number of fused-ring (bicyclic) bond motifs is 1. The van der Waals surface area contributed by atoms with E-state index in [1.807, 2.05) is 37.8 Å². The third-order valence-corrected chi connectivity index (χ3v) is 3.90. The van der Waals surface area contributed by atoms with Crippen molar-refractivity contribution in [2.75, 3.05) is 29.5 Å². The van der Waals surface area contributed by atoms with E-state index in [2.05, 4.69) is 15.0 Å². The molecule has 1 aliphatic rings. The third-order valence-electron chi connectivity index (χ3n) is 3.90. The highest BCUT2D eigenvalue weighted by Crippen LogP contribution is 2.33. The molecule has 8 nitrogen and oxygen atoms in total. The van der Waals surface area contributed by atoms with Gasteiger partial charge in [0.25, 0.3) is 0 Å². The molecule has 25 heavy (non-hydrogen) atoms. The number of aromatic nitrogens is 3. The first-order valence-corrected chi connectivity index (χ1v) is 8.32. The summed E-state index contributed by atoms with van der Waals surface area (Å²) >= 11 is 0. The average Bonchev–Trinajstić information content (AvgIpc) is 2.75. The molecule has 2 aromatic heterocycles. The number of aryl methyl sites for hydroxylation is 1. The van der Waals surface area contributed by atoms with E-state index in [1.54, 1.807) is 13.1 Å². The third kappa shape index (κ3) is 3.62. The number of nitrogen functional groups attached to an aromatic ring is 2. The van der Waals surface area contributed by atoms with Crippen LogP contribution in [0.4, 0.5) is 17.5 Å². The molecule has 2 aromatic rings. The SMILES string of the molecule is CC.Cc1nc(N)c2c(n1)N(C(C)c1cccnc1N)CCOC2=N. The second kappa shape index (κ2) is 7.78. The summed E-state index contributed by atoms with van der Waals surface area (Å²) < 4.78 is 5.43. The van der Waals surface area contributed by atoms with Gasteiger partial charge >= 0.3 is 0 Å². The van der Waals surface area contributed by atoms with Crippen molar-refractivity contribution in [1.82, 2.24) is 15.0 Å². The molecule has 0 radical (unpaired) electrons. The molecule has 0 saturated heterocycles. The van der Waals surface area contributed by atoms with Crippen molar-refractivity contribution in [3.8, 4) is 0 Å². The summed E-state index contributed by atoms with van der Waals surface area (Å²) in [7, 11) is 0. The number of ether oxygens (including phenoxy) is 1. The quantitative estimate of drug-likeness (QED) is 0.763. The Morgan fingerprint density at radius 1 is 1.24 bits per heavy atom. The van der Waals surface area contributed by atoms with Gasteiger partial charge in [0, 0.05) is 11.8 Å². The van der Waals surface area contributed by atoms with E-state index in [0.717, 1.165) is 5.56 Å². The number of hydrogen-bond acceptors (Lipinski definition) is 8. The molecule has 1 aliphatic heterocycles. The zero-order valence-corrected chi connectivity index (χ0v) is 15.1. The van der Waals surface area contributed by atoms with Gasteiger partial charge < -0.3 is 21.1 Å². The second-order valence-electron chi connectivity index (χ2n) is 5.38. The van der Waals surface area contributed by atoms with Crippen LogP contribution in [0.3, 0.4) is 0 Å². The predicted octanol–water partition coefficient (Wildman–Crippen LogP) is 2.29. The van der Waals surface area contributed by atoms with Crippen molar-refractivity contribution in [2.24, 2.45) is 0 Å². The largest absolute Gasteiger partial charge is 0.476 e. The van der Waals surface area contributed by atoms with Gasteiger partial charge in [-0.1, -0.05) is 19.9 Å². The van der Waals surface area contributed by atoms with Crippen LogP contribution in [-0.2, 0) is 4.74 Å². The Hall–Kier alpha value is -2.90. The van der Waals surface area contributed by atoms with Gasteiger partial charge in [-0.3, -0.25) is 5.41 Å². The summed E-state index contributed by atoms with van der Waals surface area (Å²) in [6, 6.07) is 3.69. The first-order chi connectivity index (χ1) is 12.0. The molecule has 0 aromatic carbocycles. The highest BCUT2D eigenvalue weighted by atomic mass is 16.5. The van der Waals surface area contributed by atoms with Gasteiger partial charge in [-0.2, -0.15) is 0 Å².